The molecule has 0 radical (unpaired) electrons. The van der Waals surface area contributed by atoms with Crippen LogP contribution in [0.4, 0.5) is 13.2 Å². The molecule has 10 nitrogen and oxygen atoms in total. The Balaban J connectivity index is 1.36. The minimum Gasteiger partial charge on any atom is -0.494 e. The maximum absolute atomic E-state index is 14.9. The van der Waals surface area contributed by atoms with E-state index in [0.29, 0.717) is 55.1 Å². The van der Waals surface area contributed by atoms with Crippen molar-refractivity contribution in [3.8, 4) is 23.0 Å². The van der Waals surface area contributed by atoms with Crippen molar-refractivity contribution in [3.05, 3.63) is 107 Å². The minimum absolute atomic E-state index is 0.0214. The third-order valence-electron chi connectivity index (χ3n) is 8.44. The van der Waals surface area contributed by atoms with Gasteiger partial charge in [0.25, 0.3) is 0 Å². The number of esters is 4. The summed E-state index contributed by atoms with van der Waals surface area (Å²) in [6.45, 7) is 11.9. The van der Waals surface area contributed by atoms with Crippen molar-refractivity contribution in [1.29, 1.82) is 0 Å². The molecule has 0 N–H and O–H groups in total. The number of hydrogen-bond acceptors (Lipinski definition) is 10. The zero-order valence-corrected chi connectivity index (χ0v) is 32.6. The molecule has 0 unspecified atom stereocenters. The van der Waals surface area contributed by atoms with Gasteiger partial charge in [0.05, 0.1) is 37.6 Å². The van der Waals surface area contributed by atoms with Crippen LogP contribution >= 0.6 is 0 Å². The predicted molar refractivity (Wildman–Crippen MR) is 207 cm³/mol. The number of hydrogen-bond donors (Lipinski definition) is 0. The molecule has 0 saturated heterocycles. The summed E-state index contributed by atoms with van der Waals surface area (Å²) >= 11 is 0. The molecule has 0 spiro atoms. The van der Waals surface area contributed by atoms with E-state index in [1.165, 1.54) is 48.5 Å². The summed E-state index contributed by atoms with van der Waals surface area (Å²) in [4.78, 5) is 48.0. The van der Waals surface area contributed by atoms with Gasteiger partial charge in [0, 0.05) is 17.2 Å². The van der Waals surface area contributed by atoms with Gasteiger partial charge >= 0.3 is 23.9 Å². The van der Waals surface area contributed by atoms with E-state index in [0.717, 1.165) is 77.0 Å². The lowest BCUT2D eigenvalue weighted by atomic mass is 10.1. The van der Waals surface area contributed by atoms with Crippen LogP contribution in [-0.4, -0.2) is 50.3 Å². The number of halogens is 3. The van der Waals surface area contributed by atoms with Crippen molar-refractivity contribution in [3.63, 3.8) is 0 Å². The second-order valence-corrected chi connectivity index (χ2v) is 13.4. The first-order valence-electron chi connectivity index (χ1n) is 19.1. The first-order chi connectivity index (χ1) is 27.4. The number of unbranched alkanes of at least 4 members (excludes halogenated alkanes) is 10. The summed E-state index contributed by atoms with van der Waals surface area (Å²) in [6.07, 6.45) is 10.9. The molecule has 3 aromatic carbocycles. The fourth-order valence-electron chi connectivity index (χ4n) is 5.19. The largest absolute Gasteiger partial charge is 0.494 e. The van der Waals surface area contributed by atoms with Crippen molar-refractivity contribution in [2.24, 2.45) is 0 Å². The third-order valence-corrected chi connectivity index (χ3v) is 8.44. The number of benzene rings is 3. The average molecular weight is 797 g/mol. The fourth-order valence-corrected chi connectivity index (χ4v) is 5.19. The van der Waals surface area contributed by atoms with Gasteiger partial charge in [-0.1, -0.05) is 64.5 Å². The van der Waals surface area contributed by atoms with Gasteiger partial charge in [-0.15, -0.1) is 0 Å². The molecule has 0 fully saturated rings. The van der Waals surface area contributed by atoms with Crippen LogP contribution < -0.4 is 18.9 Å². The van der Waals surface area contributed by atoms with Crippen LogP contribution in [0.1, 0.15) is 112 Å². The smallest absolute Gasteiger partial charge is 0.343 e. The second-order valence-electron chi connectivity index (χ2n) is 13.4. The molecular formula is C44H51F3O10. The van der Waals surface area contributed by atoms with Crippen molar-refractivity contribution in [2.45, 2.75) is 90.9 Å². The molecule has 0 aliphatic rings. The molecular weight excluding hydrogens is 745 g/mol. The van der Waals surface area contributed by atoms with Crippen LogP contribution in [0.3, 0.4) is 0 Å². The monoisotopic (exact) mass is 796 g/mol. The van der Waals surface area contributed by atoms with Crippen molar-refractivity contribution in [2.75, 3.05) is 26.4 Å². The van der Waals surface area contributed by atoms with Crippen molar-refractivity contribution < 1.29 is 60.8 Å². The van der Waals surface area contributed by atoms with E-state index in [9.17, 15) is 32.3 Å². The molecule has 0 aromatic heterocycles. The van der Waals surface area contributed by atoms with Gasteiger partial charge in [-0.05, 0) is 88.1 Å². The lowest BCUT2D eigenvalue weighted by Gasteiger charge is -2.12. The highest BCUT2D eigenvalue weighted by atomic mass is 19.2. The third kappa shape index (κ3) is 16.6. The molecule has 0 aliphatic heterocycles. The van der Waals surface area contributed by atoms with Crippen LogP contribution in [0.25, 0.3) is 0 Å². The first-order valence-corrected chi connectivity index (χ1v) is 19.1. The van der Waals surface area contributed by atoms with E-state index in [-0.39, 0.29) is 23.1 Å². The Hall–Kier alpha value is -5.59. The quantitative estimate of drug-likeness (QED) is 0.0255. The Kier molecular flexibility index (Phi) is 19.9. The van der Waals surface area contributed by atoms with Gasteiger partial charge in [0.1, 0.15) is 11.5 Å². The van der Waals surface area contributed by atoms with Gasteiger partial charge in [-0.2, -0.15) is 8.78 Å². The lowest BCUT2D eigenvalue weighted by Crippen LogP contribution is -2.14. The number of carbonyl (C=O) groups is 4. The number of carbonyl (C=O) groups excluding carboxylic acids is 4. The van der Waals surface area contributed by atoms with Gasteiger partial charge in [0.2, 0.25) is 17.4 Å². The molecule has 0 aliphatic carbocycles. The van der Waals surface area contributed by atoms with Crippen LogP contribution in [0, 0.1) is 17.5 Å². The molecule has 13 heteroatoms. The average Bonchev–Trinajstić information content (AvgIpc) is 3.19. The van der Waals surface area contributed by atoms with Crippen LogP contribution in [0.15, 0.2) is 78.9 Å². The van der Waals surface area contributed by atoms with Gasteiger partial charge < -0.3 is 28.4 Å². The van der Waals surface area contributed by atoms with Crippen LogP contribution in [0.2, 0.25) is 0 Å². The molecule has 0 amide bonds. The number of ether oxygens (including phenoxy) is 6. The topological polar surface area (TPSA) is 124 Å². The lowest BCUT2D eigenvalue weighted by molar-refractivity contribution is -0.139. The minimum atomic E-state index is -1.84. The summed E-state index contributed by atoms with van der Waals surface area (Å²) in [6, 6.07) is 11.9. The SMILES string of the molecule is C=C(C)C(=O)OCCCCCCCCOc1ccc(C(=O)Oc2cc(F)c(OC(=O)c3ccc(OCCCCCCCCOC(=O)C(=C)C)cc3)c(F)c2F)cc1. The fraction of sp³-hybridized carbons (Fsp3) is 0.409. The Bertz CT molecular complexity index is 1810. The van der Waals surface area contributed by atoms with E-state index in [4.69, 9.17) is 28.4 Å². The maximum atomic E-state index is 14.9. The van der Waals surface area contributed by atoms with E-state index < -0.39 is 40.9 Å². The normalized spacial score (nSPS) is 10.7. The summed E-state index contributed by atoms with van der Waals surface area (Å²) in [7, 11) is 0. The highest BCUT2D eigenvalue weighted by Gasteiger charge is 2.26. The molecule has 0 heterocycles. The predicted octanol–water partition coefficient (Wildman–Crippen LogP) is 10.2. The van der Waals surface area contributed by atoms with E-state index in [1.54, 1.807) is 13.8 Å². The molecule has 0 bridgehead atoms. The Morgan fingerprint density at radius 1 is 0.509 bits per heavy atom. The van der Waals surface area contributed by atoms with Crippen LogP contribution in [-0.2, 0) is 19.1 Å². The standard InChI is InChI=1S/C44H51F3O10/c1-30(2)41(48)54-27-15-11-7-5-9-13-25-52-34-21-17-32(18-22-34)43(50)56-37-29-36(45)40(39(47)38(37)46)57-44(51)33-19-23-35(24-20-33)53-26-14-10-6-8-12-16-28-55-42(49)31(3)4/h17-24,29H,1,3,5-16,25-28H2,2,4H3. The molecule has 0 saturated carbocycles. The van der Waals surface area contributed by atoms with E-state index in [1.807, 2.05) is 0 Å². The molecule has 3 aromatic rings. The number of rotatable bonds is 26. The van der Waals surface area contributed by atoms with Crippen LogP contribution in [0.5, 0.6) is 23.0 Å². The van der Waals surface area contributed by atoms with Gasteiger partial charge in [0.15, 0.2) is 11.6 Å². The van der Waals surface area contributed by atoms with Gasteiger partial charge in [-0.25, -0.2) is 23.6 Å². The molecule has 57 heavy (non-hydrogen) atoms. The zero-order chi connectivity index (χ0) is 41.6. The van der Waals surface area contributed by atoms with Crippen molar-refractivity contribution >= 4 is 23.9 Å². The summed E-state index contributed by atoms with van der Waals surface area (Å²) < 4.78 is 75.9. The molecule has 308 valence electrons. The first kappa shape index (κ1) is 45.8. The second kappa shape index (κ2) is 24.8. The zero-order valence-electron chi connectivity index (χ0n) is 32.6. The molecule has 0 atom stereocenters. The summed E-state index contributed by atoms with van der Waals surface area (Å²) in [5, 5.41) is 0. The summed E-state index contributed by atoms with van der Waals surface area (Å²) in [5.41, 5.74) is 0.680. The van der Waals surface area contributed by atoms with Gasteiger partial charge in [-0.3, -0.25) is 0 Å². The van der Waals surface area contributed by atoms with E-state index >= 15 is 0 Å². The van der Waals surface area contributed by atoms with Crippen molar-refractivity contribution in [1.82, 2.24) is 0 Å². The Labute approximate surface area is 331 Å². The maximum Gasteiger partial charge on any atom is 0.343 e. The highest BCUT2D eigenvalue weighted by molar-refractivity contribution is 5.92. The summed E-state index contributed by atoms with van der Waals surface area (Å²) in [5.74, 6) is -9.33. The highest BCUT2D eigenvalue weighted by Crippen LogP contribution is 2.32. The van der Waals surface area contributed by atoms with E-state index in [2.05, 4.69) is 13.2 Å². The Morgan fingerprint density at radius 3 is 1.28 bits per heavy atom. The Morgan fingerprint density at radius 2 is 0.877 bits per heavy atom. The molecule has 3 rings (SSSR count).